The number of pyridine rings is 6. The minimum atomic E-state index is -1.19. The van der Waals surface area contributed by atoms with Crippen molar-refractivity contribution in [2.75, 3.05) is 103 Å². The van der Waals surface area contributed by atoms with Crippen LogP contribution in [0.2, 0.25) is 0 Å². The second-order valence-corrected chi connectivity index (χ2v) is 36.1. The number of halogens is 9. The molecule has 3 N–H and O–H groups in total. The zero-order valence-corrected chi connectivity index (χ0v) is 75.3. The number of nitrogens with zero attached hydrogens (tertiary/aromatic N) is 14. The van der Waals surface area contributed by atoms with E-state index in [9.17, 15) is 39.3 Å². The van der Waals surface area contributed by atoms with E-state index in [0.717, 1.165) is 55.3 Å². The van der Waals surface area contributed by atoms with Crippen LogP contribution in [0.5, 0.6) is 17.2 Å². The Kier molecular flexibility index (Phi) is 24.0. The maximum Gasteiger partial charge on any atom is 0.281 e. The van der Waals surface area contributed by atoms with Crippen molar-refractivity contribution >= 4 is 78.6 Å². The Morgan fingerprint density at radius 3 is 0.954 bits per heavy atom. The highest BCUT2D eigenvalue weighted by Crippen LogP contribution is 2.52. The van der Waals surface area contributed by atoms with Crippen LogP contribution in [0.1, 0.15) is 127 Å². The van der Waals surface area contributed by atoms with Crippen molar-refractivity contribution in [1.29, 1.82) is 0 Å². The molecule has 2 amide bonds. The predicted octanol–water partition coefficient (Wildman–Crippen LogP) is 18.0. The standard InChI is InChI=1S/2C34H34F3N5O3.C32H33F3N4O2/c2*1-7-25(44)40-16-20-15-39(6)33-32(41(20)14-19(40)5)21-13-23(36)27(26-22(35)9-8-10-24(26)43)28(37)31(21)42(34(33)45)30-18(4)11-12-38-29(30)17(2)3;1-16(2)27-28(18(4)11-12-36-27)39-29-20(13-22(34)25(26(29)35)24-21(33)7-6-8-23(24)40)30-31(32(39)41)37(5)15-19-10-9-17(3)14-38(19)30/h2*7-13,17,19-20,43H,1,14-16H2,2-6H3;6-8,11-13,16-17,19,40H,9-10,14-15H2,1-5H3/t2*19-,20+;17-,19+/m110/s1. The van der Waals surface area contributed by atoms with Gasteiger partial charge in [0.05, 0.1) is 113 Å². The van der Waals surface area contributed by atoms with Crippen LogP contribution in [0.3, 0.4) is 0 Å². The van der Waals surface area contributed by atoms with Crippen LogP contribution in [0.15, 0.2) is 149 Å². The summed E-state index contributed by atoms with van der Waals surface area (Å²) in [6.45, 7) is 33.2. The van der Waals surface area contributed by atoms with Crippen molar-refractivity contribution < 1.29 is 64.4 Å². The number of anilines is 6. The van der Waals surface area contributed by atoms with E-state index >= 15 is 39.5 Å². The molecule has 131 heavy (non-hydrogen) atoms. The average Bonchev–Trinajstić information content (AvgIpc) is 0.709. The number of phenols is 3. The fourth-order valence-electron chi connectivity index (χ4n) is 20.4. The number of carbonyl (C=O) groups excluding carboxylic acids is 2. The van der Waals surface area contributed by atoms with Gasteiger partial charge in [-0.3, -0.25) is 52.6 Å². The van der Waals surface area contributed by atoms with Gasteiger partial charge in [0.2, 0.25) is 11.8 Å². The van der Waals surface area contributed by atoms with Gasteiger partial charge >= 0.3 is 0 Å². The molecule has 0 bridgehead atoms. The van der Waals surface area contributed by atoms with Crippen LogP contribution >= 0.6 is 0 Å². The van der Waals surface area contributed by atoms with Gasteiger partial charge in [-0.15, -0.1) is 0 Å². The largest absolute Gasteiger partial charge is 0.507 e. The summed E-state index contributed by atoms with van der Waals surface area (Å²) in [5.41, 5.74) is 0.296. The van der Waals surface area contributed by atoms with Gasteiger partial charge in [-0.1, -0.05) is 79.8 Å². The van der Waals surface area contributed by atoms with E-state index in [1.807, 2.05) is 84.1 Å². The molecule has 6 aliphatic heterocycles. The predicted molar refractivity (Wildman–Crippen MR) is 494 cm³/mol. The third-order valence-electron chi connectivity index (χ3n) is 26.4. The number of piperazine rings is 2. The minimum Gasteiger partial charge on any atom is -0.507 e. The molecule has 0 saturated carbocycles. The van der Waals surface area contributed by atoms with E-state index in [0.29, 0.717) is 132 Å². The normalized spacial score (nSPS) is 18.2. The number of hydrogen-bond acceptors (Lipinski definition) is 17. The first-order valence-electron chi connectivity index (χ1n) is 43.7. The number of hydrogen-bond donors (Lipinski definition) is 3. The zero-order valence-electron chi connectivity index (χ0n) is 75.3. The summed E-state index contributed by atoms with van der Waals surface area (Å²) >= 11 is 0. The van der Waals surface area contributed by atoms with Crippen LogP contribution in [-0.2, 0) is 9.59 Å². The van der Waals surface area contributed by atoms with Gasteiger partial charge in [0.1, 0.15) is 69.2 Å². The Morgan fingerprint density at radius 2 is 0.672 bits per heavy atom. The fraction of sp³-hybridized carbons (Fsp3) is 0.340. The number of carbonyl (C=O) groups is 2. The second-order valence-electron chi connectivity index (χ2n) is 36.1. The number of aryl methyl sites for hydroxylation is 3. The van der Waals surface area contributed by atoms with Crippen molar-refractivity contribution in [2.45, 2.75) is 144 Å². The number of fused-ring (bicyclic) bond motifs is 15. The first-order chi connectivity index (χ1) is 62.2. The molecule has 0 unspecified atom stereocenters. The van der Waals surface area contributed by atoms with Gasteiger partial charge in [-0.05, 0) is 173 Å². The Labute approximate surface area is 750 Å². The molecule has 0 radical (unpaired) electrons. The molecule has 0 spiro atoms. The lowest BCUT2D eigenvalue weighted by Crippen LogP contribution is -2.64. The van der Waals surface area contributed by atoms with E-state index < -0.39 is 120 Å². The minimum absolute atomic E-state index is 0.0786. The molecule has 3 fully saturated rings. The highest BCUT2D eigenvalue weighted by atomic mass is 19.2. The van der Waals surface area contributed by atoms with E-state index in [4.69, 9.17) is 0 Å². The summed E-state index contributed by atoms with van der Waals surface area (Å²) in [6.07, 6.45) is 9.29. The van der Waals surface area contributed by atoms with E-state index in [1.54, 1.807) is 84.3 Å². The molecular weight excluding hydrogens is 1700 g/mol. The lowest BCUT2D eigenvalue weighted by molar-refractivity contribution is -0.129. The summed E-state index contributed by atoms with van der Waals surface area (Å²) in [5.74, 6) is -12.2. The third-order valence-corrected chi connectivity index (χ3v) is 26.4. The Balaban J connectivity index is 0.000000144. The zero-order chi connectivity index (χ0) is 94.3. The number of aromatic hydroxyl groups is 3. The number of likely N-dealkylation sites (N-methyl/N-ethyl adjacent to an activating group) is 3. The van der Waals surface area contributed by atoms with Gasteiger partial charge in [0.15, 0.2) is 17.5 Å². The molecule has 31 heteroatoms. The summed E-state index contributed by atoms with van der Waals surface area (Å²) in [4.78, 5) is 97.9. The number of benzene rings is 6. The molecule has 6 aromatic carbocycles. The van der Waals surface area contributed by atoms with Crippen molar-refractivity contribution in [1.82, 2.24) is 38.5 Å². The number of phenolic OH excluding ortho intramolecular Hbond substituents is 3. The van der Waals surface area contributed by atoms with Crippen LogP contribution in [0.4, 0.5) is 73.6 Å². The van der Waals surface area contributed by atoms with Crippen molar-refractivity contribution in [3.8, 4) is 67.7 Å². The molecular formula is C100H101F9N14O8. The van der Waals surface area contributed by atoms with Crippen molar-refractivity contribution in [3.05, 3.63) is 252 Å². The number of amides is 2. The lowest BCUT2D eigenvalue weighted by Gasteiger charge is -2.51. The molecule has 12 heterocycles. The lowest BCUT2D eigenvalue weighted by atomic mass is 9.90. The molecule has 6 atom stereocenters. The SMILES string of the molecule is C=CC(=O)N1C[C@@H]2CN(C)c3c(c4cc(F)c(-c5c(O)cccc5F)c(F)c4n(-c4c(C)ccnc4C(C)C)c3=O)N2C[C@H]1C.C=CC(=O)N1C[C@@H]2CN(C)c3c(c4cc(F)c(-c5c(O)cccc5F)c(F)c4n(-c4c(C)ccnc4C(C)C)c3=O)N2C[C@H]1C.Cc1ccnc(C(C)C)c1-n1c(=O)c2c(c3cc(F)c(-c4c(O)cccc4F)c(F)c31)N1C[C@@H](C)CC[C@@H]1CN2C. The molecule has 22 nitrogen and oxygen atoms in total. The summed E-state index contributed by atoms with van der Waals surface area (Å²) < 4.78 is 149. The maximum absolute atomic E-state index is 17.2. The van der Waals surface area contributed by atoms with Crippen molar-refractivity contribution in [2.24, 2.45) is 5.92 Å². The molecule has 18 rings (SSSR count). The molecule has 682 valence electrons. The Hall–Kier alpha value is -13.6. The Bertz CT molecular complexity index is 6640. The number of piperidine rings is 1. The molecule has 6 aromatic heterocycles. The first-order valence-corrected chi connectivity index (χ1v) is 43.7. The second kappa shape index (κ2) is 34.7. The van der Waals surface area contributed by atoms with E-state index in [1.165, 1.54) is 56.2 Å². The van der Waals surface area contributed by atoms with Gasteiger partial charge in [0, 0.05) is 126 Å². The smallest absolute Gasteiger partial charge is 0.281 e. The van der Waals surface area contributed by atoms with Crippen LogP contribution < -0.4 is 46.1 Å². The summed E-state index contributed by atoms with van der Waals surface area (Å²) in [5, 5.41) is 32.1. The van der Waals surface area contributed by atoms with Crippen molar-refractivity contribution in [3.63, 3.8) is 0 Å². The average molecular weight is 1800 g/mol. The fourth-order valence-corrected chi connectivity index (χ4v) is 20.4. The molecule has 6 aliphatic rings. The first kappa shape index (κ1) is 90.7. The van der Waals surface area contributed by atoms with E-state index in [-0.39, 0.29) is 104 Å². The number of rotatable bonds is 11. The monoisotopic (exact) mass is 1800 g/mol. The number of aromatic nitrogens is 6. The quantitative estimate of drug-likeness (QED) is 0.0808. The molecule has 0 aliphatic carbocycles. The van der Waals surface area contributed by atoms with E-state index in [2.05, 4.69) is 39.9 Å². The van der Waals surface area contributed by atoms with Gasteiger partial charge < -0.3 is 54.5 Å². The third kappa shape index (κ3) is 14.9. The van der Waals surface area contributed by atoms with Gasteiger partial charge in [0.25, 0.3) is 16.7 Å². The van der Waals surface area contributed by atoms with Gasteiger partial charge in [-0.2, -0.15) is 0 Å². The summed E-state index contributed by atoms with van der Waals surface area (Å²) in [6, 6.07) is 17.7. The van der Waals surface area contributed by atoms with Crippen LogP contribution in [-0.4, -0.2) is 169 Å². The topological polar surface area (TPSA) is 225 Å². The highest BCUT2D eigenvalue weighted by molar-refractivity contribution is 6.07. The van der Waals surface area contributed by atoms with Crippen LogP contribution in [0, 0.1) is 79.0 Å². The molecule has 3 saturated heterocycles. The summed E-state index contributed by atoms with van der Waals surface area (Å²) in [7, 11) is 5.32. The van der Waals surface area contributed by atoms with Gasteiger partial charge in [-0.25, -0.2) is 39.5 Å². The molecule has 12 aromatic rings. The highest BCUT2D eigenvalue weighted by Gasteiger charge is 2.47. The Morgan fingerprint density at radius 1 is 0.382 bits per heavy atom. The van der Waals surface area contributed by atoms with Crippen LogP contribution in [0.25, 0.3) is 83.2 Å². The maximum atomic E-state index is 17.2.